The monoisotopic (exact) mass is 457 g/mol. The van der Waals surface area contributed by atoms with E-state index in [0.29, 0.717) is 39.3 Å². The molecule has 1 saturated heterocycles. The van der Waals surface area contributed by atoms with Crippen molar-refractivity contribution in [3.8, 4) is 5.75 Å². The summed E-state index contributed by atoms with van der Waals surface area (Å²) in [5, 5.41) is 13.2. The zero-order chi connectivity index (χ0) is 22.8. The lowest BCUT2D eigenvalue weighted by Gasteiger charge is -2.31. The van der Waals surface area contributed by atoms with Crippen LogP contribution in [0.25, 0.3) is 10.9 Å². The Kier molecular flexibility index (Phi) is 6.18. The first-order valence-corrected chi connectivity index (χ1v) is 10.7. The Labute approximate surface area is 189 Å². The third kappa shape index (κ3) is 4.62. The molecule has 9 nitrogen and oxygen atoms in total. The van der Waals surface area contributed by atoms with Crippen molar-refractivity contribution in [3.05, 3.63) is 45.8 Å². The van der Waals surface area contributed by atoms with Crippen molar-refractivity contribution in [2.24, 2.45) is 13.0 Å². The minimum atomic E-state index is -1.15. The van der Waals surface area contributed by atoms with Crippen molar-refractivity contribution in [2.45, 2.75) is 19.8 Å². The van der Waals surface area contributed by atoms with E-state index in [0.717, 1.165) is 19.5 Å². The van der Waals surface area contributed by atoms with Crippen LogP contribution in [0.15, 0.2) is 35.3 Å². The van der Waals surface area contributed by atoms with Gasteiger partial charge in [-0.2, -0.15) is 4.98 Å². The lowest BCUT2D eigenvalue weighted by atomic mass is 10.0. The van der Waals surface area contributed by atoms with Gasteiger partial charge in [0.1, 0.15) is 5.02 Å². The number of aromatic nitrogens is 3. The highest BCUT2D eigenvalue weighted by Crippen LogP contribution is 2.28. The van der Waals surface area contributed by atoms with Crippen LogP contribution in [0, 0.1) is 5.92 Å². The molecule has 2 N–H and O–H groups in total. The zero-order valence-electron chi connectivity index (χ0n) is 17.8. The summed E-state index contributed by atoms with van der Waals surface area (Å²) in [4.78, 5) is 34.4. The number of hydrogen-bond acceptors (Lipinski definition) is 7. The molecule has 4 rings (SSSR count). The summed E-state index contributed by atoms with van der Waals surface area (Å²) < 4.78 is 6.58. The number of pyridine rings is 1. The van der Waals surface area contributed by atoms with E-state index >= 15 is 0 Å². The molecule has 3 heterocycles. The number of aliphatic carboxylic acids is 1. The average molecular weight is 458 g/mol. The molecule has 0 aliphatic carbocycles. The molecular formula is C22H24ClN5O4. The van der Waals surface area contributed by atoms with E-state index in [9.17, 15) is 9.59 Å². The number of anilines is 3. The highest BCUT2D eigenvalue weighted by molar-refractivity contribution is 6.32. The molecule has 2 aromatic heterocycles. The SMILES string of the molecule is CC1CCCN(c2ncc(Cl)c(Nc3ccc4c(c3)cc(OCC(=O)O)c(=O)n4C)n2)C1. The van der Waals surface area contributed by atoms with E-state index in [1.165, 1.54) is 17.1 Å². The molecule has 1 aromatic carbocycles. The van der Waals surface area contributed by atoms with Gasteiger partial charge in [-0.1, -0.05) is 18.5 Å². The van der Waals surface area contributed by atoms with Crippen molar-refractivity contribution in [1.82, 2.24) is 14.5 Å². The quantitative estimate of drug-likeness (QED) is 0.579. The van der Waals surface area contributed by atoms with Gasteiger partial charge in [-0.25, -0.2) is 9.78 Å². The summed E-state index contributed by atoms with van der Waals surface area (Å²) in [6, 6.07) is 6.97. The first kappa shape index (κ1) is 21.9. The molecule has 0 bridgehead atoms. The number of hydrogen-bond donors (Lipinski definition) is 2. The normalized spacial score (nSPS) is 16.2. The molecular weight excluding hydrogens is 434 g/mol. The van der Waals surface area contributed by atoms with Crippen LogP contribution in [-0.4, -0.2) is 45.3 Å². The Balaban J connectivity index is 1.64. The van der Waals surface area contributed by atoms with Gasteiger partial charge in [-0.05, 0) is 43.0 Å². The second-order valence-electron chi connectivity index (χ2n) is 8.01. The van der Waals surface area contributed by atoms with E-state index in [4.69, 9.17) is 21.4 Å². The number of carboxylic acids is 1. The van der Waals surface area contributed by atoms with Gasteiger partial charge < -0.3 is 24.6 Å². The van der Waals surface area contributed by atoms with Crippen molar-refractivity contribution < 1.29 is 14.6 Å². The molecule has 3 aromatic rings. The maximum absolute atomic E-state index is 12.4. The highest BCUT2D eigenvalue weighted by atomic mass is 35.5. The number of halogens is 1. The summed E-state index contributed by atoms with van der Waals surface area (Å²) in [5.41, 5.74) is 0.984. The summed E-state index contributed by atoms with van der Waals surface area (Å²) in [6.45, 7) is 3.45. The summed E-state index contributed by atoms with van der Waals surface area (Å²) >= 11 is 6.35. The molecule has 0 radical (unpaired) electrons. The number of carboxylic acid groups (broad SMARTS) is 1. The van der Waals surface area contributed by atoms with Gasteiger partial charge in [-0.15, -0.1) is 0 Å². The van der Waals surface area contributed by atoms with Gasteiger partial charge in [0.25, 0.3) is 5.56 Å². The predicted octanol–water partition coefficient (Wildman–Crippen LogP) is 3.43. The number of nitrogens with one attached hydrogen (secondary N) is 1. The molecule has 1 aliphatic heterocycles. The molecule has 1 aliphatic rings. The van der Waals surface area contributed by atoms with Crippen LogP contribution < -0.4 is 20.5 Å². The molecule has 0 saturated carbocycles. The van der Waals surface area contributed by atoms with Crippen molar-refractivity contribution >= 4 is 45.9 Å². The van der Waals surface area contributed by atoms with E-state index in [2.05, 4.69) is 27.1 Å². The number of aryl methyl sites for hydroxylation is 1. The minimum absolute atomic E-state index is 0.0267. The molecule has 1 fully saturated rings. The van der Waals surface area contributed by atoms with E-state index < -0.39 is 18.1 Å². The Morgan fingerprint density at radius 2 is 2.19 bits per heavy atom. The molecule has 1 atom stereocenters. The van der Waals surface area contributed by atoms with Gasteiger partial charge in [0, 0.05) is 31.2 Å². The maximum atomic E-state index is 12.4. The molecule has 168 valence electrons. The van der Waals surface area contributed by atoms with Crippen LogP contribution in [0.3, 0.4) is 0 Å². The van der Waals surface area contributed by atoms with Gasteiger partial charge in [0.05, 0.1) is 11.7 Å². The topological polar surface area (TPSA) is 110 Å². The number of piperidine rings is 1. The second-order valence-corrected chi connectivity index (χ2v) is 8.42. The molecule has 32 heavy (non-hydrogen) atoms. The fraction of sp³-hybridized carbons (Fsp3) is 0.364. The molecule has 0 amide bonds. The van der Waals surface area contributed by atoms with Gasteiger partial charge >= 0.3 is 5.97 Å². The molecule has 0 spiro atoms. The standard InChI is InChI=1S/C22H24ClN5O4/c1-13-4-3-7-28(11-13)22-24-10-16(23)20(26-22)25-15-5-6-17-14(8-15)9-18(21(31)27(17)2)32-12-19(29)30/h5-6,8-10,13H,3-4,7,11-12H2,1-2H3,(H,29,30)(H,24,25,26). The number of nitrogens with zero attached hydrogens (tertiary/aromatic N) is 4. The Morgan fingerprint density at radius 1 is 1.38 bits per heavy atom. The minimum Gasteiger partial charge on any atom is -0.479 e. The van der Waals surface area contributed by atoms with Gasteiger partial charge in [-0.3, -0.25) is 4.79 Å². The Bertz CT molecular complexity index is 1230. The van der Waals surface area contributed by atoms with Crippen LogP contribution in [-0.2, 0) is 11.8 Å². The van der Waals surface area contributed by atoms with Crippen LogP contribution in [0.5, 0.6) is 5.75 Å². The number of fused-ring (bicyclic) bond motifs is 1. The van der Waals surface area contributed by atoms with Crippen LogP contribution in [0.2, 0.25) is 5.02 Å². The predicted molar refractivity (Wildman–Crippen MR) is 123 cm³/mol. The smallest absolute Gasteiger partial charge is 0.341 e. The van der Waals surface area contributed by atoms with Gasteiger partial charge in [0.15, 0.2) is 18.2 Å². The number of benzene rings is 1. The Morgan fingerprint density at radius 3 is 2.94 bits per heavy atom. The zero-order valence-corrected chi connectivity index (χ0v) is 18.6. The number of carbonyl (C=O) groups is 1. The second kappa shape index (κ2) is 9.04. The highest BCUT2D eigenvalue weighted by Gasteiger charge is 2.20. The van der Waals surface area contributed by atoms with Crippen molar-refractivity contribution in [2.75, 3.05) is 29.9 Å². The summed E-state index contributed by atoms with van der Waals surface area (Å²) in [7, 11) is 1.61. The van der Waals surface area contributed by atoms with Gasteiger partial charge in [0.2, 0.25) is 5.95 Å². The lowest BCUT2D eigenvalue weighted by molar-refractivity contribution is -0.139. The first-order valence-electron chi connectivity index (χ1n) is 10.3. The van der Waals surface area contributed by atoms with E-state index in [1.54, 1.807) is 19.3 Å². The van der Waals surface area contributed by atoms with Crippen LogP contribution >= 0.6 is 11.6 Å². The summed E-state index contributed by atoms with van der Waals surface area (Å²) in [5.74, 6) is 0.530. The lowest BCUT2D eigenvalue weighted by Crippen LogP contribution is -2.35. The van der Waals surface area contributed by atoms with Crippen molar-refractivity contribution in [1.29, 1.82) is 0 Å². The fourth-order valence-corrected chi connectivity index (χ4v) is 4.02. The van der Waals surface area contributed by atoms with Crippen LogP contribution in [0.1, 0.15) is 19.8 Å². The molecule has 1 unspecified atom stereocenters. The largest absolute Gasteiger partial charge is 0.479 e. The Hall–Kier alpha value is -3.33. The number of rotatable bonds is 6. The first-order chi connectivity index (χ1) is 15.3. The van der Waals surface area contributed by atoms with E-state index in [1.807, 2.05) is 12.1 Å². The van der Waals surface area contributed by atoms with Crippen LogP contribution in [0.4, 0.5) is 17.5 Å². The third-order valence-corrected chi connectivity index (χ3v) is 5.75. The van der Waals surface area contributed by atoms with E-state index in [-0.39, 0.29) is 5.75 Å². The maximum Gasteiger partial charge on any atom is 0.341 e. The van der Waals surface area contributed by atoms with Crippen molar-refractivity contribution in [3.63, 3.8) is 0 Å². The number of ether oxygens (including phenoxy) is 1. The average Bonchev–Trinajstić information content (AvgIpc) is 2.76. The summed E-state index contributed by atoms with van der Waals surface area (Å²) in [6.07, 6.45) is 3.90. The third-order valence-electron chi connectivity index (χ3n) is 5.48. The fourth-order valence-electron chi connectivity index (χ4n) is 3.88. The molecule has 10 heteroatoms.